The van der Waals surface area contributed by atoms with Crippen LogP contribution < -0.4 is 5.73 Å². The zero-order chi connectivity index (χ0) is 5.21. The van der Waals surface area contributed by atoms with Gasteiger partial charge >= 0.3 is 0 Å². The molecule has 0 aliphatic rings. The predicted octanol–water partition coefficient (Wildman–Crippen LogP) is -0.170. The van der Waals surface area contributed by atoms with Gasteiger partial charge in [-0.3, -0.25) is 10.5 Å². The Bertz CT molecular complexity index is 56.3. The molecule has 0 aromatic heterocycles. The third-order valence-corrected chi connectivity index (χ3v) is 0.230. The van der Waals surface area contributed by atoms with Gasteiger partial charge in [0, 0.05) is 0 Å². The molecule has 2 N–H and O–H groups in total. The van der Waals surface area contributed by atoms with Gasteiger partial charge in [-0.25, -0.2) is 4.39 Å². The summed E-state index contributed by atoms with van der Waals surface area (Å²) in [5.74, 6) is -2.14. The number of nitrogens with two attached hydrogens (primary N) is 1. The second kappa shape index (κ2) is 1.34. The average Bonchev–Trinajstić information content (AvgIpc) is 1.35. The summed E-state index contributed by atoms with van der Waals surface area (Å²) in [5, 5.41) is 0. The summed E-state index contributed by atoms with van der Waals surface area (Å²) in [6.07, 6.45) is 0.0486. The topological polar surface area (TPSA) is 43.1 Å². The Morgan fingerprint density at radius 3 is 2.17 bits per heavy atom. The Kier molecular flexibility index (Phi) is 1.24. The summed E-state index contributed by atoms with van der Waals surface area (Å²) in [4.78, 5) is 9.33. The summed E-state index contributed by atoms with van der Waals surface area (Å²) in [7, 11) is 0. The third-order valence-electron chi connectivity index (χ3n) is 0.230. The van der Waals surface area contributed by atoms with Crippen LogP contribution in [-0.2, 0) is 4.79 Å². The highest BCUT2D eigenvalue weighted by Gasteiger charge is 2.11. The molecular weight excluding hydrogens is 85.0 g/mol. The molecule has 1 atom stereocenters. The zero-order valence-corrected chi connectivity index (χ0v) is 3.44. The maximum atomic E-state index is 11.5. The third kappa shape index (κ3) is 3.56. The largest absolute Gasteiger partial charge is 0.298 e. The van der Waals surface area contributed by atoms with Gasteiger partial charge in [0.25, 0.3) is 0 Å². The summed E-state index contributed by atoms with van der Waals surface area (Å²) in [6.45, 7) is 0.986. The van der Waals surface area contributed by atoms with Crippen molar-refractivity contribution in [2.24, 2.45) is 5.73 Å². The van der Waals surface area contributed by atoms with Gasteiger partial charge in [-0.15, -0.1) is 0 Å². The van der Waals surface area contributed by atoms with Crippen LogP contribution in [0.4, 0.5) is 4.39 Å². The highest BCUT2D eigenvalue weighted by Crippen LogP contribution is 1.90. The number of hydrogen-bond acceptors (Lipinski definition) is 2. The summed E-state index contributed by atoms with van der Waals surface area (Å²) >= 11 is 0. The van der Waals surface area contributed by atoms with Crippen LogP contribution in [0.15, 0.2) is 0 Å². The fraction of sp³-hybridized carbons (Fsp3) is 0.667. The van der Waals surface area contributed by atoms with Crippen molar-refractivity contribution >= 4 is 6.29 Å². The average molecular weight is 91.1 g/mol. The molecule has 0 fully saturated rings. The minimum Gasteiger partial charge on any atom is -0.298 e. The summed E-state index contributed by atoms with van der Waals surface area (Å²) < 4.78 is 11.5. The van der Waals surface area contributed by atoms with E-state index in [-0.39, 0.29) is 6.29 Å². The van der Waals surface area contributed by atoms with Crippen molar-refractivity contribution in [3.63, 3.8) is 0 Å². The van der Waals surface area contributed by atoms with Gasteiger partial charge in [-0.2, -0.15) is 0 Å². The molecule has 0 spiro atoms. The van der Waals surface area contributed by atoms with Crippen molar-refractivity contribution in [1.29, 1.82) is 0 Å². The molecule has 0 aliphatic carbocycles. The van der Waals surface area contributed by atoms with Gasteiger partial charge in [-0.1, -0.05) is 0 Å². The van der Waals surface area contributed by atoms with E-state index in [1.54, 1.807) is 0 Å². The molecule has 0 saturated carbocycles. The van der Waals surface area contributed by atoms with Crippen molar-refractivity contribution in [3.05, 3.63) is 0 Å². The second-order valence-electron chi connectivity index (χ2n) is 1.27. The molecule has 1 unspecified atom stereocenters. The molecule has 0 saturated heterocycles. The van der Waals surface area contributed by atoms with Crippen molar-refractivity contribution in [2.45, 2.75) is 12.7 Å². The Balaban J connectivity index is 3.45. The molecule has 0 aromatic carbocycles. The second-order valence-corrected chi connectivity index (χ2v) is 1.27. The Morgan fingerprint density at radius 1 is 2.00 bits per heavy atom. The molecular formula is C3H6FNO. The SMILES string of the molecule is CC(N)(F)C=O. The molecule has 3 heteroatoms. The van der Waals surface area contributed by atoms with E-state index < -0.39 is 5.79 Å². The summed E-state index contributed by atoms with van der Waals surface area (Å²) in [6, 6.07) is 0. The van der Waals surface area contributed by atoms with Crippen molar-refractivity contribution in [2.75, 3.05) is 0 Å². The van der Waals surface area contributed by atoms with Crippen LogP contribution in [0.5, 0.6) is 0 Å². The van der Waals surface area contributed by atoms with E-state index >= 15 is 0 Å². The lowest BCUT2D eigenvalue weighted by Crippen LogP contribution is -2.31. The predicted molar refractivity (Wildman–Crippen MR) is 19.8 cm³/mol. The molecule has 0 aliphatic heterocycles. The van der Waals surface area contributed by atoms with Gasteiger partial charge in [0.1, 0.15) is 0 Å². The maximum Gasteiger partial charge on any atom is 0.211 e. The number of carbonyl (C=O) groups is 1. The quantitative estimate of drug-likeness (QED) is 0.359. The van der Waals surface area contributed by atoms with Crippen LogP contribution >= 0.6 is 0 Å². The zero-order valence-electron chi connectivity index (χ0n) is 3.44. The summed E-state index contributed by atoms with van der Waals surface area (Å²) in [5.41, 5.74) is 4.50. The van der Waals surface area contributed by atoms with E-state index in [9.17, 15) is 9.18 Å². The molecule has 36 valence electrons. The first-order valence-corrected chi connectivity index (χ1v) is 1.50. The molecule has 0 bridgehead atoms. The van der Waals surface area contributed by atoms with E-state index in [0.29, 0.717) is 0 Å². The van der Waals surface area contributed by atoms with E-state index in [0.717, 1.165) is 6.92 Å². The first-order chi connectivity index (χ1) is 2.56. The molecule has 0 amide bonds. The van der Waals surface area contributed by atoms with Crippen LogP contribution in [0.25, 0.3) is 0 Å². The first-order valence-electron chi connectivity index (χ1n) is 1.50. The minimum absolute atomic E-state index is 0.0486. The van der Waals surface area contributed by atoms with Crippen molar-refractivity contribution < 1.29 is 9.18 Å². The lowest BCUT2D eigenvalue weighted by Gasteiger charge is -1.99. The van der Waals surface area contributed by atoms with E-state index in [1.165, 1.54) is 0 Å². The lowest BCUT2D eigenvalue weighted by molar-refractivity contribution is -0.116. The van der Waals surface area contributed by atoms with E-state index in [1.807, 2.05) is 0 Å². The van der Waals surface area contributed by atoms with Gasteiger partial charge in [-0.05, 0) is 6.92 Å². The van der Waals surface area contributed by atoms with E-state index in [4.69, 9.17) is 0 Å². The number of carbonyl (C=O) groups excluding carboxylic acids is 1. The fourth-order valence-electron chi connectivity index (χ4n) is 0. The van der Waals surface area contributed by atoms with Crippen molar-refractivity contribution in [1.82, 2.24) is 0 Å². The number of rotatable bonds is 1. The van der Waals surface area contributed by atoms with Crippen LogP contribution in [-0.4, -0.2) is 12.1 Å². The number of aldehydes is 1. The lowest BCUT2D eigenvalue weighted by atomic mass is 10.4. The highest BCUT2D eigenvalue weighted by atomic mass is 19.1. The standard InChI is InChI=1S/C3H6FNO/c1-3(4,5)2-6/h2H,5H2,1H3. The van der Waals surface area contributed by atoms with Gasteiger partial charge in [0.15, 0.2) is 6.29 Å². The smallest absolute Gasteiger partial charge is 0.211 e. The maximum absolute atomic E-state index is 11.5. The van der Waals surface area contributed by atoms with Crippen LogP contribution in [0.3, 0.4) is 0 Å². The Morgan fingerprint density at radius 2 is 2.17 bits per heavy atom. The molecule has 0 heterocycles. The normalized spacial score (nSPS) is 19.2. The number of hydrogen-bond donors (Lipinski definition) is 1. The van der Waals surface area contributed by atoms with Gasteiger partial charge in [0.2, 0.25) is 5.79 Å². The molecule has 6 heavy (non-hydrogen) atoms. The molecule has 0 aromatic rings. The van der Waals surface area contributed by atoms with E-state index in [2.05, 4.69) is 5.73 Å². The number of alkyl halides is 1. The van der Waals surface area contributed by atoms with Gasteiger partial charge < -0.3 is 0 Å². The Hall–Kier alpha value is -0.440. The minimum atomic E-state index is -2.14. The monoisotopic (exact) mass is 91.0 g/mol. The highest BCUT2D eigenvalue weighted by molar-refractivity contribution is 5.59. The van der Waals surface area contributed by atoms with Crippen LogP contribution in [0.2, 0.25) is 0 Å². The fourth-order valence-corrected chi connectivity index (χ4v) is 0. The molecule has 0 radical (unpaired) electrons. The van der Waals surface area contributed by atoms with Gasteiger partial charge in [0.05, 0.1) is 0 Å². The Labute approximate surface area is 35.1 Å². The van der Waals surface area contributed by atoms with Crippen LogP contribution in [0.1, 0.15) is 6.92 Å². The van der Waals surface area contributed by atoms with Crippen LogP contribution in [0, 0.1) is 0 Å². The van der Waals surface area contributed by atoms with Crippen molar-refractivity contribution in [3.8, 4) is 0 Å². The molecule has 2 nitrogen and oxygen atoms in total. The first kappa shape index (κ1) is 5.56. The molecule has 0 rings (SSSR count). The number of halogens is 1.